The standard InChI is InChI=1S/C67H52N4/c1-67(45-15-4-16-46-67)71(66-32-29-52-19-11-14-22-55(52)49-66)63-43-41-60(42-44-63)68(58-33-37-61(38-34-58)69(56-23-5-2-6-24-56)64-30-27-50-17-9-12-20-53(50)47-64)59-35-39-62(40-36-59)70(57-25-7-3-8-26-57)65-31-28-51-18-10-13-21-54(51)48-65/h2-45,47-49H,46H2,1H3. The van der Waals surface area contributed by atoms with Gasteiger partial charge < -0.3 is 19.6 Å². The molecule has 1 unspecified atom stereocenters. The molecule has 0 spiro atoms. The van der Waals surface area contributed by atoms with Crippen molar-refractivity contribution in [2.24, 2.45) is 0 Å². The van der Waals surface area contributed by atoms with Crippen LogP contribution in [-0.2, 0) is 0 Å². The van der Waals surface area contributed by atoms with E-state index in [1.54, 1.807) is 0 Å². The molecular formula is C67H52N4. The Hall–Kier alpha value is -9.12. The summed E-state index contributed by atoms with van der Waals surface area (Å²) >= 11 is 0. The lowest BCUT2D eigenvalue weighted by Crippen LogP contribution is -2.42. The fraction of sp³-hybridized carbons (Fsp3) is 0.0448. The summed E-state index contributed by atoms with van der Waals surface area (Å²) in [5, 5.41) is 7.31. The van der Waals surface area contributed by atoms with Gasteiger partial charge >= 0.3 is 0 Å². The van der Waals surface area contributed by atoms with Crippen LogP contribution in [0.3, 0.4) is 0 Å². The first-order valence-electron chi connectivity index (χ1n) is 24.5. The zero-order valence-electron chi connectivity index (χ0n) is 39.6. The fourth-order valence-corrected chi connectivity index (χ4v) is 10.3. The third-order valence-corrected chi connectivity index (χ3v) is 13.8. The Bertz CT molecular complexity index is 3530. The third kappa shape index (κ3) is 8.58. The molecule has 4 heteroatoms. The number of hydrogen-bond acceptors (Lipinski definition) is 4. The van der Waals surface area contributed by atoms with E-state index in [-0.39, 0.29) is 5.54 Å². The molecule has 4 nitrogen and oxygen atoms in total. The van der Waals surface area contributed by atoms with E-state index in [1.165, 1.54) is 32.3 Å². The highest BCUT2D eigenvalue weighted by Gasteiger charge is 2.31. The van der Waals surface area contributed by atoms with Crippen LogP contribution in [0.15, 0.2) is 285 Å². The summed E-state index contributed by atoms with van der Waals surface area (Å²) in [6, 6.07) is 94.4. The van der Waals surface area contributed by atoms with Gasteiger partial charge in [0, 0.05) is 62.6 Å². The minimum atomic E-state index is -0.268. The molecule has 0 heterocycles. The summed E-state index contributed by atoms with van der Waals surface area (Å²) in [7, 11) is 0. The molecule has 0 aliphatic heterocycles. The van der Waals surface area contributed by atoms with Gasteiger partial charge in [-0.3, -0.25) is 0 Å². The highest BCUT2D eigenvalue weighted by atomic mass is 15.2. The van der Waals surface area contributed by atoms with Crippen LogP contribution >= 0.6 is 0 Å². The molecule has 1 aliphatic rings. The van der Waals surface area contributed by atoms with Crippen LogP contribution in [0.5, 0.6) is 0 Å². The van der Waals surface area contributed by atoms with E-state index in [9.17, 15) is 0 Å². The van der Waals surface area contributed by atoms with Crippen LogP contribution in [0, 0.1) is 0 Å². The molecule has 0 aromatic heterocycles. The number of allylic oxidation sites excluding steroid dienone is 2. The van der Waals surface area contributed by atoms with Gasteiger partial charge in [-0.15, -0.1) is 0 Å². The molecular weight excluding hydrogens is 861 g/mol. The van der Waals surface area contributed by atoms with Crippen molar-refractivity contribution in [1.29, 1.82) is 0 Å². The highest BCUT2D eigenvalue weighted by molar-refractivity contribution is 5.92. The van der Waals surface area contributed by atoms with E-state index in [2.05, 4.69) is 312 Å². The Morgan fingerprint density at radius 1 is 0.268 bits per heavy atom. The second-order valence-corrected chi connectivity index (χ2v) is 18.5. The van der Waals surface area contributed by atoms with Crippen molar-refractivity contribution in [2.45, 2.75) is 18.9 Å². The van der Waals surface area contributed by atoms with Crippen LogP contribution in [0.25, 0.3) is 32.3 Å². The van der Waals surface area contributed by atoms with Gasteiger partial charge in [-0.1, -0.05) is 152 Å². The van der Waals surface area contributed by atoms with Crippen molar-refractivity contribution >= 4 is 94.9 Å². The van der Waals surface area contributed by atoms with E-state index in [4.69, 9.17) is 0 Å². The third-order valence-electron chi connectivity index (χ3n) is 13.8. The van der Waals surface area contributed by atoms with Crippen LogP contribution in [0.4, 0.5) is 62.6 Å². The Kier molecular flexibility index (Phi) is 11.4. The normalized spacial score (nSPS) is 14.2. The first kappa shape index (κ1) is 43.2. The van der Waals surface area contributed by atoms with E-state index in [0.717, 1.165) is 69.0 Å². The number of nitrogens with zero attached hydrogens (tertiary/aromatic N) is 4. The molecule has 1 atom stereocenters. The average molecular weight is 913 g/mol. The van der Waals surface area contributed by atoms with Gasteiger partial charge in [0.2, 0.25) is 0 Å². The SMILES string of the molecule is CC1(N(c2ccc(N(c3ccc(N(c4ccccc4)c4ccc5ccccc5c4)cc3)c3ccc(N(c4ccccc4)c4ccc5ccccc5c4)cc3)cc2)c2ccc3ccccc3c2)C=CC=CC1. The highest BCUT2D eigenvalue weighted by Crippen LogP contribution is 2.44. The van der Waals surface area contributed by atoms with Crippen molar-refractivity contribution in [3.63, 3.8) is 0 Å². The minimum Gasteiger partial charge on any atom is -0.332 e. The molecule has 0 amide bonds. The number of para-hydroxylation sites is 2. The van der Waals surface area contributed by atoms with E-state index < -0.39 is 0 Å². The average Bonchev–Trinajstić information content (AvgIpc) is 3.43. The molecule has 0 fully saturated rings. The zero-order chi connectivity index (χ0) is 47.6. The minimum absolute atomic E-state index is 0.268. The number of anilines is 11. The monoisotopic (exact) mass is 912 g/mol. The number of rotatable bonds is 12. The van der Waals surface area contributed by atoms with Gasteiger partial charge in [-0.25, -0.2) is 0 Å². The van der Waals surface area contributed by atoms with Gasteiger partial charge in [0.15, 0.2) is 0 Å². The molecule has 12 rings (SSSR count). The van der Waals surface area contributed by atoms with E-state index >= 15 is 0 Å². The van der Waals surface area contributed by atoms with Crippen LogP contribution in [0.1, 0.15) is 13.3 Å². The molecule has 0 N–H and O–H groups in total. The largest absolute Gasteiger partial charge is 0.332 e. The smallest absolute Gasteiger partial charge is 0.0642 e. The van der Waals surface area contributed by atoms with Crippen molar-refractivity contribution < 1.29 is 0 Å². The summed E-state index contributed by atoms with van der Waals surface area (Å²) in [6.07, 6.45) is 9.83. The van der Waals surface area contributed by atoms with Crippen LogP contribution < -0.4 is 19.6 Å². The topological polar surface area (TPSA) is 13.0 Å². The molecule has 1 aliphatic carbocycles. The molecule has 0 radical (unpaired) electrons. The number of hydrogen-bond donors (Lipinski definition) is 0. The maximum absolute atomic E-state index is 2.49. The van der Waals surface area contributed by atoms with Crippen LogP contribution in [-0.4, -0.2) is 5.54 Å². The number of benzene rings is 11. The predicted molar refractivity (Wildman–Crippen MR) is 303 cm³/mol. The fourth-order valence-electron chi connectivity index (χ4n) is 10.3. The van der Waals surface area contributed by atoms with Crippen molar-refractivity contribution in [2.75, 3.05) is 19.6 Å². The Morgan fingerprint density at radius 2 is 0.563 bits per heavy atom. The summed E-state index contributed by atoms with van der Waals surface area (Å²) in [4.78, 5) is 9.54. The molecule has 0 bridgehead atoms. The van der Waals surface area contributed by atoms with Crippen LogP contribution in [0.2, 0.25) is 0 Å². The Labute approximate surface area is 416 Å². The van der Waals surface area contributed by atoms with Gasteiger partial charge in [-0.2, -0.15) is 0 Å². The summed E-state index contributed by atoms with van der Waals surface area (Å²) in [5.74, 6) is 0. The maximum Gasteiger partial charge on any atom is 0.0642 e. The Balaban J connectivity index is 0.963. The van der Waals surface area contributed by atoms with Gasteiger partial charge in [-0.05, 0) is 179 Å². The van der Waals surface area contributed by atoms with Crippen molar-refractivity contribution in [1.82, 2.24) is 0 Å². The molecule has 0 saturated heterocycles. The zero-order valence-corrected chi connectivity index (χ0v) is 39.6. The summed E-state index contributed by atoms with van der Waals surface area (Å²) in [5.41, 5.74) is 11.7. The summed E-state index contributed by atoms with van der Waals surface area (Å²) < 4.78 is 0. The molecule has 340 valence electrons. The first-order chi connectivity index (χ1) is 35.0. The molecule has 71 heavy (non-hydrogen) atoms. The van der Waals surface area contributed by atoms with Crippen molar-refractivity contribution in [3.05, 3.63) is 285 Å². The van der Waals surface area contributed by atoms with Gasteiger partial charge in [0.25, 0.3) is 0 Å². The van der Waals surface area contributed by atoms with E-state index in [1.807, 2.05) is 0 Å². The lowest BCUT2D eigenvalue weighted by molar-refractivity contribution is 0.570. The molecule has 11 aromatic rings. The van der Waals surface area contributed by atoms with Gasteiger partial charge in [0.05, 0.1) is 5.54 Å². The molecule has 0 saturated carbocycles. The molecule has 11 aromatic carbocycles. The Morgan fingerprint density at radius 3 is 0.944 bits per heavy atom. The quantitative estimate of drug-likeness (QED) is 0.121. The second kappa shape index (κ2) is 18.8. The predicted octanol–water partition coefficient (Wildman–Crippen LogP) is 19.0. The maximum atomic E-state index is 2.49. The lowest BCUT2D eigenvalue weighted by atomic mass is 9.89. The first-order valence-corrected chi connectivity index (χ1v) is 24.5. The van der Waals surface area contributed by atoms with Gasteiger partial charge in [0.1, 0.15) is 0 Å². The summed E-state index contributed by atoms with van der Waals surface area (Å²) in [6.45, 7) is 2.33. The number of fused-ring (bicyclic) bond motifs is 3. The lowest BCUT2D eigenvalue weighted by Gasteiger charge is -2.42. The van der Waals surface area contributed by atoms with E-state index in [0.29, 0.717) is 0 Å². The van der Waals surface area contributed by atoms with Crippen molar-refractivity contribution in [3.8, 4) is 0 Å². The second-order valence-electron chi connectivity index (χ2n) is 18.5.